The smallest absolute Gasteiger partial charge is 0.490 e. The van der Waals surface area contributed by atoms with Crippen LogP contribution in [0.3, 0.4) is 0 Å². The van der Waals surface area contributed by atoms with Crippen LogP contribution in [0.1, 0.15) is 74.1 Å². The number of ether oxygens (including phenoxy) is 1. The van der Waals surface area contributed by atoms with E-state index in [0.717, 1.165) is 58.4 Å². The number of fused-ring (bicyclic) bond motifs is 1. The van der Waals surface area contributed by atoms with Crippen LogP contribution < -0.4 is 10.1 Å². The Morgan fingerprint density at radius 3 is 2.39 bits per heavy atom. The van der Waals surface area contributed by atoms with Gasteiger partial charge in [-0.3, -0.25) is 9.59 Å². The lowest BCUT2D eigenvalue weighted by Crippen LogP contribution is -2.30. The summed E-state index contributed by atoms with van der Waals surface area (Å²) in [5.41, 5.74) is 5.19. The van der Waals surface area contributed by atoms with Crippen LogP contribution in [0.25, 0.3) is 22.2 Å². The summed E-state index contributed by atoms with van der Waals surface area (Å²) in [6.45, 7) is 3.86. The molecule has 0 fully saturated rings. The summed E-state index contributed by atoms with van der Waals surface area (Å²) in [6, 6.07) is 14.9. The van der Waals surface area contributed by atoms with Crippen molar-refractivity contribution < 1.29 is 37.4 Å². The fourth-order valence-electron chi connectivity index (χ4n) is 4.81. The van der Waals surface area contributed by atoms with Crippen LogP contribution >= 0.6 is 0 Å². The van der Waals surface area contributed by atoms with Crippen LogP contribution in [-0.4, -0.2) is 51.0 Å². The van der Waals surface area contributed by atoms with Crippen LogP contribution in [0.15, 0.2) is 48.7 Å². The maximum atomic E-state index is 13.3. The number of aromatic amines is 2. The summed E-state index contributed by atoms with van der Waals surface area (Å²) in [5, 5.41) is 20.4. The second-order valence-electron chi connectivity index (χ2n) is 10.6. The molecule has 2 heterocycles. The Morgan fingerprint density at radius 1 is 1.09 bits per heavy atom. The molecule has 0 unspecified atom stereocenters. The van der Waals surface area contributed by atoms with Crippen molar-refractivity contribution >= 4 is 28.6 Å². The van der Waals surface area contributed by atoms with E-state index in [1.807, 2.05) is 44.2 Å². The van der Waals surface area contributed by atoms with Crippen LogP contribution in [0.5, 0.6) is 5.75 Å². The second-order valence-corrected chi connectivity index (χ2v) is 10.6. The number of alkyl halides is 3. The summed E-state index contributed by atoms with van der Waals surface area (Å²) in [4.78, 5) is 45.2. The van der Waals surface area contributed by atoms with Crippen molar-refractivity contribution in [3.63, 3.8) is 0 Å². The topological polar surface area (TPSA) is 161 Å². The summed E-state index contributed by atoms with van der Waals surface area (Å²) >= 11 is 0. The predicted molar refractivity (Wildman–Crippen MR) is 165 cm³/mol. The molecule has 1 atom stereocenters. The standard InChI is InChI=1S/C31H35N5O3.C2HF3O2/c1-4-23(37)8-6-5-7-9-28(31-33-19-29(36-31)22-12-10-21(18-32)11-13-22)35-30(38)17-25-20(2)34-27-15-14-24(39-3)16-26(25)27;3-2(4,5)1(6)7/h10-16,19,28,34H,4-9,17H2,1-3H3,(H,33,36)(H,35,38);(H,6,7)/t28-;/m0./s1. The number of methoxy groups -OCH3 is 1. The molecule has 2 aromatic heterocycles. The van der Waals surface area contributed by atoms with Crippen molar-refractivity contribution in [3.8, 4) is 23.1 Å². The maximum Gasteiger partial charge on any atom is 0.490 e. The molecule has 0 spiro atoms. The number of nitrogens with zero attached hydrogens (tertiary/aromatic N) is 2. The van der Waals surface area contributed by atoms with Crippen molar-refractivity contribution in [1.82, 2.24) is 20.3 Å². The third-order valence-corrected chi connectivity index (χ3v) is 7.34. The van der Waals surface area contributed by atoms with Crippen LogP contribution in [0.4, 0.5) is 13.2 Å². The van der Waals surface area contributed by atoms with Gasteiger partial charge in [-0.2, -0.15) is 18.4 Å². The van der Waals surface area contributed by atoms with Gasteiger partial charge in [0.15, 0.2) is 0 Å². The van der Waals surface area contributed by atoms with E-state index in [9.17, 15) is 22.8 Å². The molecule has 4 aromatic rings. The van der Waals surface area contributed by atoms with Gasteiger partial charge in [0.25, 0.3) is 0 Å². The quantitative estimate of drug-likeness (QED) is 0.118. The average molecular weight is 640 g/mol. The Balaban J connectivity index is 0.000000738. The number of benzene rings is 2. The lowest BCUT2D eigenvalue weighted by atomic mass is 10.0. The van der Waals surface area contributed by atoms with Gasteiger partial charge in [-0.05, 0) is 61.2 Å². The molecule has 0 bridgehead atoms. The molecule has 1 amide bonds. The highest BCUT2D eigenvalue weighted by molar-refractivity contribution is 5.91. The van der Waals surface area contributed by atoms with Gasteiger partial charge in [-0.1, -0.05) is 31.9 Å². The number of halogens is 3. The van der Waals surface area contributed by atoms with Crippen LogP contribution in [0.2, 0.25) is 0 Å². The Labute approximate surface area is 264 Å². The Hall–Kier alpha value is -5.12. The zero-order valence-corrected chi connectivity index (χ0v) is 25.8. The highest BCUT2D eigenvalue weighted by Gasteiger charge is 2.38. The van der Waals surface area contributed by atoms with Crippen LogP contribution in [-0.2, 0) is 20.8 Å². The molecule has 0 saturated heterocycles. The number of hydrogen-bond donors (Lipinski definition) is 4. The molecule has 4 rings (SSSR count). The van der Waals surface area contributed by atoms with Crippen molar-refractivity contribution in [3.05, 3.63) is 71.3 Å². The fraction of sp³-hybridized carbons (Fsp3) is 0.364. The van der Waals surface area contributed by atoms with Gasteiger partial charge >= 0.3 is 12.1 Å². The first-order valence-electron chi connectivity index (χ1n) is 14.7. The molecule has 46 heavy (non-hydrogen) atoms. The largest absolute Gasteiger partial charge is 0.497 e. The van der Waals surface area contributed by atoms with Gasteiger partial charge < -0.3 is 25.1 Å². The zero-order chi connectivity index (χ0) is 33.9. The van der Waals surface area contributed by atoms with Gasteiger partial charge in [-0.25, -0.2) is 9.78 Å². The number of carbonyl (C=O) groups is 3. The summed E-state index contributed by atoms with van der Waals surface area (Å²) in [7, 11) is 1.63. The lowest BCUT2D eigenvalue weighted by Gasteiger charge is -2.17. The molecule has 10 nitrogen and oxygen atoms in total. The highest BCUT2D eigenvalue weighted by atomic mass is 19.4. The molecular weight excluding hydrogens is 603 g/mol. The van der Waals surface area contributed by atoms with E-state index in [2.05, 4.69) is 26.3 Å². The predicted octanol–water partition coefficient (Wildman–Crippen LogP) is 6.71. The van der Waals surface area contributed by atoms with E-state index < -0.39 is 12.1 Å². The number of aliphatic carboxylic acids is 1. The SMILES string of the molecule is CCC(=O)CCCCC[C@H](NC(=O)Cc1c(C)[nH]c2ccc(OC)cc12)c1ncc(-c2ccc(C#N)cc2)[nH]1.O=C(O)C(F)(F)F. The van der Waals surface area contributed by atoms with Crippen molar-refractivity contribution in [2.45, 2.75) is 71.0 Å². The molecule has 0 aliphatic rings. The van der Waals surface area contributed by atoms with E-state index >= 15 is 0 Å². The number of ketones is 1. The second kappa shape index (κ2) is 16.3. The van der Waals surface area contributed by atoms with Crippen molar-refractivity contribution in [1.29, 1.82) is 5.26 Å². The molecule has 2 aromatic carbocycles. The molecule has 0 radical (unpaired) electrons. The number of carboxylic acid groups (broad SMARTS) is 1. The Morgan fingerprint density at radius 2 is 1.78 bits per heavy atom. The molecule has 244 valence electrons. The first kappa shape index (κ1) is 35.4. The van der Waals surface area contributed by atoms with Gasteiger partial charge in [0, 0.05) is 29.4 Å². The number of nitrogens with one attached hydrogen (secondary N) is 3. The minimum Gasteiger partial charge on any atom is -0.497 e. The number of unbranched alkanes of at least 4 members (excludes halogenated alkanes) is 2. The fourth-order valence-corrected chi connectivity index (χ4v) is 4.81. The molecule has 0 aliphatic heterocycles. The molecule has 4 N–H and O–H groups in total. The van der Waals surface area contributed by atoms with E-state index in [1.54, 1.807) is 25.4 Å². The van der Waals surface area contributed by atoms with Crippen molar-refractivity contribution in [2.24, 2.45) is 0 Å². The van der Waals surface area contributed by atoms with Gasteiger partial charge in [-0.15, -0.1) is 0 Å². The number of rotatable bonds is 13. The first-order chi connectivity index (χ1) is 21.9. The van der Waals surface area contributed by atoms with E-state index in [0.29, 0.717) is 30.7 Å². The third-order valence-electron chi connectivity index (χ3n) is 7.34. The third kappa shape index (κ3) is 9.95. The molecule has 0 saturated carbocycles. The molecular formula is C33H36F3N5O5. The minimum atomic E-state index is -5.08. The number of carbonyl (C=O) groups excluding carboxylic acids is 2. The van der Waals surface area contributed by atoms with Gasteiger partial charge in [0.1, 0.15) is 17.4 Å². The average Bonchev–Trinajstić information content (AvgIpc) is 3.64. The van der Waals surface area contributed by atoms with E-state index in [4.69, 9.17) is 19.9 Å². The van der Waals surface area contributed by atoms with Crippen molar-refractivity contribution in [2.75, 3.05) is 7.11 Å². The highest BCUT2D eigenvalue weighted by Crippen LogP contribution is 2.28. The Kier molecular flexibility index (Phi) is 12.5. The summed E-state index contributed by atoms with van der Waals surface area (Å²) < 4.78 is 37.1. The number of amides is 1. The number of H-pyrrole nitrogens is 2. The lowest BCUT2D eigenvalue weighted by molar-refractivity contribution is -0.192. The number of aryl methyl sites for hydroxylation is 1. The Bertz CT molecular complexity index is 1690. The van der Waals surface area contributed by atoms with Gasteiger partial charge in [0.2, 0.25) is 5.91 Å². The summed E-state index contributed by atoms with van der Waals surface area (Å²) in [5.74, 6) is -1.14. The monoisotopic (exact) mass is 639 g/mol. The number of nitriles is 1. The minimum absolute atomic E-state index is 0.0932. The number of carboxylic acids is 1. The number of aromatic nitrogens is 3. The first-order valence-corrected chi connectivity index (χ1v) is 14.7. The number of imidazole rings is 1. The van der Waals surface area contributed by atoms with E-state index in [1.165, 1.54) is 0 Å². The number of Topliss-reactive ketones (excluding diaryl/α,β-unsaturated/α-hetero) is 1. The van der Waals surface area contributed by atoms with E-state index in [-0.39, 0.29) is 24.2 Å². The normalized spacial score (nSPS) is 11.7. The maximum absolute atomic E-state index is 13.3. The molecule has 0 aliphatic carbocycles. The number of hydrogen-bond acceptors (Lipinski definition) is 6. The van der Waals surface area contributed by atoms with Crippen LogP contribution in [0, 0.1) is 18.3 Å². The molecule has 13 heteroatoms. The summed E-state index contributed by atoms with van der Waals surface area (Å²) in [6.07, 6.45) is 1.38. The van der Waals surface area contributed by atoms with Gasteiger partial charge in [0.05, 0.1) is 43.1 Å². The zero-order valence-electron chi connectivity index (χ0n) is 25.8.